The first kappa shape index (κ1) is 16.5. The average Bonchev–Trinajstić information content (AvgIpc) is 3.02. The molecule has 1 aliphatic heterocycles. The summed E-state index contributed by atoms with van der Waals surface area (Å²) in [5.74, 6) is -1.23. The molecule has 0 saturated carbocycles. The maximum Gasteiger partial charge on any atom is 0.303 e. The van der Waals surface area contributed by atoms with Crippen molar-refractivity contribution in [2.75, 3.05) is 0 Å². The van der Waals surface area contributed by atoms with Crippen LogP contribution < -0.4 is 0 Å². The molecule has 0 radical (unpaired) electrons. The van der Waals surface area contributed by atoms with Crippen LogP contribution in [0.4, 0.5) is 10.1 Å². The van der Waals surface area contributed by atoms with Crippen LogP contribution in [0, 0.1) is 9.77 Å². The third-order valence-corrected chi connectivity index (χ3v) is 4.95. The van der Waals surface area contributed by atoms with Crippen molar-refractivity contribution in [2.45, 2.75) is 19.4 Å². The number of thiazole rings is 1. The summed E-state index contributed by atoms with van der Waals surface area (Å²) in [7, 11) is 0. The summed E-state index contributed by atoms with van der Waals surface area (Å²) in [5, 5.41) is 19.0. The second kappa shape index (κ2) is 6.66. The lowest BCUT2D eigenvalue weighted by Gasteiger charge is -2.03. The van der Waals surface area contributed by atoms with Crippen molar-refractivity contribution in [3.63, 3.8) is 0 Å². The molecule has 0 amide bonds. The van der Waals surface area contributed by atoms with Gasteiger partial charge in [-0.2, -0.15) is 0 Å². The Morgan fingerprint density at radius 2 is 2.25 bits per heavy atom. The van der Waals surface area contributed by atoms with E-state index >= 15 is 0 Å². The minimum Gasteiger partial charge on any atom is -0.493 e. The van der Waals surface area contributed by atoms with Crippen molar-refractivity contribution in [3.05, 3.63) is 38.4 Å². The van der Waals surface area contributed by atoms with Gasteiger partial charge in [0.25, 0.3) is 0 Å². The van der Waals surface area contributed by atoms with Crippen LogP contribution in [-0.2, 0) is 11.3 Å². The number of allylic oxidation sites excluding steroid dienone is 1. The van der Waals surface area contributed by atoms with Gasteiger partial charge < -0.3 is 10.2 Å². The minimum atomic E-state index is -0.885. The molecule has 0 atom stereocenters. The molecule has 0 fully saturated rings. The number of aromatic nitrogens is 1. The SMILES string of the molecule is O=C(O)CCCn1c(O)c(/C=C2\C=Nc3cc(F)ccc32)sc1=S. The van der Waals surface area contributed by atoms with Gasteiger partial charge in [0.2, 0.25) is 5.88 Å². The van der Waals surface area contributed by atoms with Crippen molar-refractivity contribution in [1.29, 1.82) is 0 Å². The van der Waals surface area contributed by atoms with Crippen molar-refractivity contribution >= 4 is 53.1 Å². The van der Waals surface area contributed by atoms with Crippen LogP contribution in [0.5, 0.6) is 5.88 Å². The van der Waals surface area contributed by atoms with E-state index in [1.807, 2.05) is 0 Å². The quantitative estimate of drug-likeness (QED) is 0.778. The van der Waals surface area contributed by atoms with Gasteiger partial charge in [-0.15, -0.1) is 11.3 Å². The number of carboxylic acids is 1. The van der Waals surface area contributed by atoms with E-state index in [-0.39, 0.29) is 18.1 Å². The number of hydrogen-bond acceptors (Lipinski definition) is 5. The van der Waals surface area contributed by atoms with Gasteiger partial charge >= 0.3 is 5.97 Å². The molecule has 3 rings (SSSR count). The molecule has 1 aliphatic rings. The van der Waals surface area contributed by atoms with Crippen molar-refractivity contribution in [3.8, 4) is 5.88 Å². The smallest absolute Gasteiger partial charge is 0.303 e. The van der Waals surface area contributed by atoms with E-state index < -0.39 is 5.97 Å². The number of carboxylic acid groups (broad SMARTS) is 1. The van der Waals surface area contributed by atoms with Crippen molar-refractivity contribution in [1.82, 2.24) is 4.57 Å². The van der Waals surface area contributed by atoms with E-state index in [2.05, 4.69) is 4.99 Å². The Balaban J connectivity index is 1.89. The lowest BCUT2D eigenvalue weighted by atomic mass is 10.1. The highest BCUT2D eigenvalue weighted by Gasteiger charge is 2.16. The van der Waals surface area contributed by atoms with Crippen LogP contribution in [-0.4, -0.2) is 27.0 Å². The fraction of sp³-hybridized carbons (Fsp3) is 0.188. The molecular weight excluding hydrogens is 351 g/mol. The number of aliphatic carboxylic acids is 1. The van der Waals surface area contributed by atoms with Gasteiger partial charge in [-0.1, -0.05) is 0 Å². The lowest BCUT2D eigenvalue weighted by molar-refractivity contribution is -0.137. The number of benzene rings is 1. The molecule has 8 heteroatoms. The summed E-state index contributed by atoms with van der Waals surface area (Å²) < 4.78 is 15.2. The Kier molecular flexibility index (Phi) is 4.59. The van der Waals surface area contributed by atoms with Gasteiger partial charge in [0, 0.05) is 36.4 Å². The number of carbonyl (C=O) groups is 1. The number of fused-ring (bicyclic) bond motifs is 1. The minimum absolute atomic E-state index is 0.00634. The van der Waals surface area contributed by atoms with E-state index in [0.717, 1.165) is 11.1 Å². The predicted molar refractivity (Wildman–Crippen MR) is 94.1 cm³/mol. The van der Waals surface area contributed by atoms with E-state index in [0.29, 0.717) is 27.5 Å². The van der Waals surface area contributed by atoms with Crippen LogP contribution >= 0.6 is 23.6 Å². The molecule has 124 valence electrons. The second-order valence-corrected chi connectivity index (χ2v) is 6.90. The van der Waals surface area contributed by atoms with Crippen LogP contribution in [0.2, 0.25) is 0 Å². The fourth-order valence-corrected chi connectivity index (χ4v) is 3.73. The van der Waals surface area contributed by atoms with Crippen LogP contribution in [0.1, 0.15) is 23.3 Å². The fourth-order valence-electron chi connectivity index (χ4n) is 2.41. The van der Waals surface area contributed by atoms with Gasteiger partial charge in [0.1, 0.15) is 5.82 Å². The molecule has 5 nitrogen and oxygen atoms in total. The molecular formula is C16H13FN2O3S2. The molecule has 2 N–H and O–H groups in total. The standard InChI is InChI=1S/C16H13FN2O3S2/c17-10-3-4-11-9(8-18-12(11)7-10)6-13-15(22)19(16(23)24-13)5-1-2-14(20)21/h3-4,6-8,22H,1-2,5H2,(H,20,21)/b9-6+. The zero-order valence-corrected chi connectivity index (χ0v) is 14.0. The topological polar surface area (TPSA) is 74.8 Å². The Labute approximate surface area is 146 Å². The normalized spacial score (nSPS) is 14.3. The van der Waals surface area contributed by atoms with E-state index in [4.69, 9.17) is 17.3 Å². The Morgan fingerprint density at radius 3 is 3.00 bits per heavy atom. The third-order valence-electron chi connectivity index (χ3n) is 3.57. The van der Waals surface area contributed by atoms with Gasteiger partial charge in [0.15, 0.2) is 3.95 Å². The molecule has 0 spiro atoms. The Hall–Kier alpha value is -2.32. The highest BCUT2D eigenvalue weighted by molar-refractivity contribution is 7.73. The molecule has 1 aromatic carbocycles. The van der Waals surface area contributed by atoms with Crippen LogP contribution in [0.15, 0.2) is 23.2 Å². The molecule has 0 aliphatic carbocycles. The van der Waals surface area contributed by atoms with Gasteiger partial charge in [-0.05, 0) is 36.8 Å². The largest absolute Gasteiger partial charge is 0.493 e. The zero-order chi connectivity index (χ0) is 17.3. The number of nitrogens with zero attached hydrogens (tertiary/aromatic N) is 2. The molecule has 2 aromatic rings. The molecule has 0 unspecified atom stereocenters. The molecule has 1 aromatic heterocycles. The molecule has 2 heterocycles. The lowest BCUT2D eigenvalue weighted by Crippen LogP contribution is -2.01. The Bertz CT molecular complexity index is 928. The van der Waals surface area contributed by atoms with Gasteiger partial charge in [-0.3, -0.25) is 14.4 Å². The predicted octanol–water partition coefficient (Wildman–Crippen LogP) is 4.25. The van der Waals surface area contributed by atoms with Gasteiger partial charge in [0.05, 0.1) is 10.6 Å². The number of aliphatic imine (C=N–C) groups is 1. The molecule has 0 saturated heterocycles. The molecule has 0 bridgehead atoms. The third kappa shape index (κ3) is 3.29. The summed E-state index contributed by atoms with van der Waals surface area (Å²) >= 11 is 6.47. The highest BCUT2D eigenvalue weighted by Crippen LogP contribution is 2.36. The summed E-state index contributed by atoms with van der Waals surface area (Å²) in [6.07, 6.45) is 3.75. The first-order chi connectivity index (χ1) is 11.5. The second-order valence-electron chi connectivity index (χ2n) is 5.22. The average molecular weight is 364 g/mol. The first-order valence-corrected chi connectivity index (χ1v) is 8.38. The first-order valence-electron chi connectivity index (χ1n) is 7.16. The van der Waals surface area contributed by atoms with Gasteiger partial charge in [-0.25, -0.2) is 4.39 Å². The summed E-state index contributed by atoms with van der Waals surface area (Å²) in [5.41, 5.74) is 2.09. The zero-order valence-electron chi connectivity index (χ0n) is 12.4. The molecule has 24 heavy (non-hydrogen) atoms. The van der Waals surface area contributed by atoms with Crippen molar-refractivity contribution in [2.24, 2.45) is 4.99 Å². The van der Waals surface area contributed by atoms with Crippen LogP contribution in [0.3, 0.4) is 0 Å². The maximum atomic E-state index is 13.2. The van der Waals surface area contributed by atoms with Crippen LogP contribution in [0.25, 0.3) is 11.6 Å². The summed E-state index contributed by atoms with van der Waals surface area (Å²) in [6.45, 7) is 0.340. The van der Waals surface area contributed by atoms with Crippen molar-refractivity contribution < 1.29 is 19.4 Å². The summed E-state index contributed by atoms with van der Waals surface area (Å²) in [6, 6.07) is 4.36. The highest BCUT2D eigenvalue weighted by atomic mass is 32.1. The number of rotatable bonds is 5. The number of aromatic hydroxyl groups is 1. The van der Waals surface area contributed by atoms with E-state index in [9.17, 15) is 14.3 Å². The van der Waals surface area contributed by atoms with E-state index in [1.54, 1.807) is 18.4 Å². The Morgan fingerprint density at radius 1 is 1.46 bits per heavy atom. The summed E-state index contributed by atoms with van der Waals surface area (Å²) in [4.78, 5) is 15.3. The van der Waals surface area contributed by atoms with E-state index in [1.165, 1.54) is 28.0 Å². The number of halogens is 1. The number of hydrogen-bond donors (Lipinski definition) is 2. The monoisotopic (exact) mass is 364 g/mol. The maximum absolute atomic E-state index is 13.2.